The minimum atomic E-state index is 0.285. The third kappa shape index (κ3) is 2.81. The predicted octanol–water partition coefficient (Wildman–Crippen LogP) is 0.985. The van der Waals surface area contributed by atoms with Gasteiger partial charge in [-0.05, 0) is 6.92 Å². The molecule has 0 amide bonds. The van der Waals surface area contributed by atoms with Gasteiger partial charge in [0.2, 0.25) is 5.13 Å². The van der Waals surface area contributed by atoms with E-state index in [-0.39, 0.29) is 6.04 Å². The second-order valence-electron chi connectivity index (χ2n) is 2.25. The van der Waals surface area contributed by atoms with Gasteiger partial charge >= 0.3 is 0 Å². The van der Waals surface area contributed by atoms with Gasteiger partial charge in [-0.1, -0.05) is 0 Å². The van der Waals surface area contributed by atoms with Crippen LogP contribution in [0.5, 0.6) is 0 Å². The number of rotatable bonds is 4. The van der Waals surface area contributed by atoms with Crippen LogP contribution in [0.15, 0.2) is 6.33 Å². The molecule has 1 unspecified atom stereocenters. The van der Waals surface area contributed by atoms with Crippen molar-refractivity contribution in [2.45, 2.75) is 13.0 Å². The Morgan fingerprint density at radius 3 is 3.18 bits per heavy atom. The fourth-order valence-corrected chi connectivity index (χ4v) is 1.28. The van der Waals surface area contributed by atoms with Crippen molar-refractivity contribution in [3.8, 4) is 0 Å². The molecule has 1 aromatic heterocycles. The number of anilines is 1. The van der Waals surface area contributed by atoms with Crippen LogP contribution in [0, 0.1) is 0 Å². The van der Waals surface area contributed by atoms with Crippen molar-refractivity contribution in [2.75, 3.05) is 19.0 Å². The van der Waals surface area contributed by atoms with Crippen LogP contribution in [0.25, 0.3) is 0 Å². The second kappa shape index (κ2) is 4.25. The number of hydrogen-bond donors (Lipinski definition) is 1. The van der Waals surface area contributed by atoms with E-state index in [0.29, 0.717) is 6.61 Å². The Hall–Kier alpha value is -0.680. The molecule has 0 aliphatic rings. The average Bonchev–Trinajstić information content (AvgIpc) is 2.40. The van der Waals surface area contributed by atoms with E-state index in [1.807, 2.05) is 6.92 Å². The summed E-state index contributed by atoms with van der Waals surface area (Å²) < 4.78 is 8.81. The third-order valence-electron chi connectivity index (χ3n) is 1.15. The first kappa shape index (κ1) is 8.42. The van der Waals surface area contributed by atoms with Crippen molar-refractivity contribution in [1.82, 2.24) is 9.36 Å². The summed E-state index contributed by atoms with van der Waals surface area (Å²) >= 11 is 1.35. The summed E-state index contributed by atoms with van der Waals surface area (Å²) in [5, 5.41) is 3.98. The number of nitrogens with zero attached hydrogens (tertiary/aromatic N) is 2. The van der Waals surface area contributed by atoms with Gasteiger partial charge in [0.15, 0.2) is 0 Å². The lowest BCUT2D eigenvalue weighted by Crippen LogP contribution is -2.20. The van der Waals surface area contributed by atoms with Gasteiger partial charge in [-0.3, -0.25) is 0 Å². The maximum atomic E-state index is 4.95. The summed E-state index contributed by atoms with van der Waals surface area (Å²) in [6.07, 6.45) is 1.53. The molecule has 62 valence electrons. The standard InChI is InChI=1S/C6H11N3OS/c1-5(3-10-2)9-6-7-4-8-11-6/h4-5H,3H2,1-2H3,(H,7,8,9). The molecule has 1 N–H and O–H groups in total. The average molecular weight is 173 g/mol. The predicted molar refractivity (Wildman–Crippen MR) is 44.9 cm³/mol. The minimum Gasteiger partial charge on any atom is -0.383 e. The van der Waals surface area contributed by atoms with Gasteiger partial charge in [-0.15, -0.1) is 0 Å². The second-order valence-corrected chi connectivity index (χ2v) is 3.03. The van der Waals surface area contributed by atoms with Crippen LogP contribution in [0.3, 0.4) is 0 Å². The zero-order valence-electron chi connectivity index (χ0n) is 6.57. The highest BCUT2D eigenvalue weighted by Gasteiger charge is 2.01. The van der Waals surface area contributed by atoms with Crippen molar-refractivity contribution < 1.29 is 4.74 Å². The summed E-state index contributed by atoms with van der Waals surface area (Å²) in [7, 11) is 1.68. The zero-order valence-corrected chi connectivity index (χ0v) is 7.39. The third-order valence-corrected chi connectivity index (χ3v) is 1.74. The van der Waals surface area contributed by atoms with E-state index in [2.05, 4.69) is 14.7 Å². The van der Waals surface area contributed by atoms with Gasteiger partial charge in [0.05, 0.1) is 6.61 Å². The fraction of sp³-hybridized carbons (Fsp3) is 0.667. The number of nitrogens with one attached hydrogen (secondary N) is 1. The molecule has 4 nitrogen and oxygen atoms in total. The Morgan fingerprint density at radius 1 is 1.82 bits per heavy atom. The lowest BCUT2D eigenvalue weighted by atomic mass is 10.4. The first-order valence-corrected chi connectivity index (χ1v) is 4.12. The lowest BCUT2D eigenvalue weighted by Gasteiger charge is -2.09. The summed E-state index contributed by atoms with van der Waals surface area (Å²) in [5.41, 5.74) is 0. The number of hydrogen-bond acceptors (Lipinski definition) is 5. The van der Waals surface area contributed by atoms with Crippen LogP contribution in [0.1, 0.15) is 6.92 Å². The Balaban J connectivity index is 2.31. The molecule has 0 radical (unpaired) electrons. The topological polar surface area (TPSA) is 47.0 Å². The Bertz CT molecular complexity index is 190. The van der Waals surface area contributed by atoms with E-state index in [4.69, 9.17) is 4.74 Å². The first-order valence-electron chi connectivity index (χ1n) is 3.35. The molecule has 0 spiro atoms. The van der Waals surface area contributed by atoms with E-state index in [1.165, 1.54) is 17.9 Å². The van der Waals surface area contributed by atoms with E-state index >= 15 is 0 Å². The molecule has 0 bridgehead atoms. The van der Waals surface area contributed by atoms with E-state index in [1.54, 1.807) is 7.11 Å². The van der Waals surface area contributed by atoms with Crippen LogP contribution in [0.4, 0.5) is 5.13 Å². The van der Waals surface area contributed by atoms with Crippen molar-refractivity contribution >= 4 is 16.7 Å². The van der Waals surface area contributed by atoms with Crippen LogP contribution in [-0.4, -0.2) is 29.1 Å². The van der Waals surface area contributed by atoms with Crippen molar-refractivity contribution in [3.05, 3.63) is 6.33 Å². The lowest BCUT2D eigenvalue weighted by molar-refractivity contribution is 0.190. The molecule has 11 heavy (non-hydrogen) atoms. The SMILES string of the molecule is COCC(C)Nc1ncns1. The summed E-state index contributed by atoms with van der Waals surface area (Å²) in [6.45, 7) is 2.71. The van der Waals surface area contributed by atoms with Gasteiger partial charge in [0.25, 0.3) is 0 Å². The first-order chi connectivity index (χ1) is 5.33. The van der Waals surface area contributed by atoms with Gasteiger partial charge in [-0.25, -0.2) is 4.98 Å². The Kier molecular flexibility index (Phi) is 3.25. The molecule has 1 rings (SSSR count). The minimum absolute atomic E-state index is 0.285. The van der Waals surface area contributed by atoms with Crippen molar-refractivity contribution in [2.24, 2.45) is 0 Å². The van der Waals surface area contributed by atoms with Gasteiger partial charge in [0, 0.05) is 24.7 Å². The molecule has 0 aliphatic heterocycles. The highest BCUT2D eigenvalue weighted by molar-refractivity contribution is 7.09. The van der Waals surface area contributed by atoms with Crippen LogP contribution in [0.2, 0.25) is 0 Å². The summed E-state index contributed by atoms with van der Waals surface area (Å²) in [4.78, 5) is 3.98. The number of aromatic nitrogens is 2. The van der Waals surface area contributed by atoms with Crippen LogP contribution >= 0.6 is 11.5 Å². The van der Waals surface area contributed by atoms with Crippen LogP contribution in [-0.2, 0) is 4.74 Å². The molecule has 5 heteroatoms. The summed E-state index contributed by atoms with van der Waals surface area (Å²) in [5.74, 6) is 0. The smallest absolute Gasteiger partial charge is 0.202 e. The molecule has 0 fully saturated rings. The molecule has 0 aliphatic carbocycles. The molecular weight excluding hydrogens is 162 g/mol. The molecule has 0 aromatic carbocycles. The highest BCUT2D eigenvalue weighted by Crippen LogP contribution is 2.07. The Labute approximate surface area is 69.8 Å². The molecule has 1 aromatic rings. The fourth-order valence-electron chi connectivity index (χ4n) is 0.739. The molecule has 1 atom stereocenters. The zero-order chi connectivity index (χ0) is 8.10. The molecule has 1 heterocycles. The summed E-state index contributed by atoms with van der Waals surface area (Å²) in [6, 6.07) is 0.285. The quantitative estimate of drug-likeness (QED) is 0.737. The molecule has 0 saturated heterocycles. The maximum absolute atomic E-state index is 4.95. The van der Waals surface area contributed by atoms with Crippen molar-refractivity contribution in [1.29, 1.82) is 0 Å². The van der Waals surface area contributed by atoms with E-state index in [0.717, 1.165) is 5.13 Å². The van der Waals surface area contributed by atoms with Gasteiger partial charge < -0.3 is 10.1 Å². The largest absolute Gasteiger partial charge is 0.383 e. The Morgan fingerprint density at radius 2 is 2.64 bits per heavy atom. The van der Waals surface area contributed by atoms with E-state index < -0.39 is 0 Å². The van der Waals surface area contributed by atoms with Gasteiger partial charge in [-0.2, -0.15) is 4.37 Å². The monoisotopic (exact) mass is 173 g/mol. The normalized spacial score (nSPS) is 12.9. The maximum Gasteiger partial charge on any atom is 0.202 e. The molecular formula is C6H11N3OS. The van der Waals surface area contributed by atoms with E-state index in [9.17, 15) is 0 Å². The van der Waals surface area contributed by atoms with Crippen LogP contribution < -0.4 is 5.32 Å². The number of methoxy groups -OCH3 is 1. The van der Waals surface area contributed by atoms with Gasteiger partial charge in [0.1, 0.15) is 6.33 Å². The number of ether oxygens (including phenoxy) is 1. The van der Waals surface area contributed by atoms with Crippen molar-refractivity contribution in [3.63, 3.8) is 0 Å². The molecule has 0 saturated carbocycles. The highest BCUT2D eigenvalue weighted by atomic mass is 32.1.